The summed E-state index contributed by atoms with van der Waals surface area (Å²) in [6.07, 6.45) is -0.172. The van der Waals surface area contributed by atoms with E-state index in [0.29, 0.717) is 16.3 Å². The van der Waals surface area contributed by atoms with Gasteiger partial charge in [-0.25, -0.2) is 13.8 Å². The van der Waals surface area contributed by atoms with Crippen LogP contribution in [0.15, 0.2) is 23.6 Å². The first-order valence-corrected chi connectivity index (χ1v) is 5.56. The standard InChI is InChI=1S/C11H7F2NO2S/c12-7-2-1-6(3-8(7)13)9-5-17-10(14-9)4-11(15)16/h1-3,5H,4H2,(H,15,16). The Bertz CT molecular complexity index is 568. The smallest absolute Gasteiger partial charge is 0.310 e. The van der Waals surface area contributed by atoms with E-state index in [-0.39, 0.29) is 6.42 Å². The van der Waals surface area contributed by atoms with E-state index in [1.165, 1.54) is 17.4 Å². The molecule has 0 fully saturated rings. The maximum absolute atomic E-state index is 13.0. The maximum atomic E-state index is 13.0. The zero-order chi connectivity index (χ0) is 12.4. The van der Waals surface area contributed by atoms with E-state index >= 15 is 0 Å². The maximum Gasteiger partial charge on any atom is 0.310 e. The number of aliphatic carboxylic acids is 1. The van der Waals surface area contributed by atoms with E-state index in [1.54, 1.807) is 5.38 Å². The van der Waals surface area contributed by atoms with Crippen molar-refractivity contribution in [1.82, 2.24) is 4.98 Å². The third-order valence-corrected chi connectivity index (χ3v) is 2.92. The van der Waals surface area contributed by atoms with Gasteiger partial charge in [0.1, 0.15) is 5.01 Å². The molecule has 0 aliphatic rings. The highest BCUT2D eigenvalue weighted by Gasteiger charge is 2.10. The molecule has 0 saturated heterocycles. The zero-order valence-electron chi connectivity index (χ0n) is 8.48. The molecular formula is C11H7F2NO2S. The van der Waals surface area contributed by atoms with Crippen LogP contribution in [0.25, 0.3) is 11.3 Å². The largest absolute Gasteiger partial charge is 0.481 e. The number of carbonyl (C=O) groups is 1. The van der Waals surface area contributed by atoms with Gasteiger partial charge in [-0.1, -0.05) is 0 Å². The van der Waals surface area contributed by atoms with Crippen LogP contribution >= 0.6 is 11.3 Å². The van der Waals surface area contributed by atoms with Crippen LogP contribution in [0.5, 0.6) is 0 Å². The Morgan fingerprint density at radius 2 is 2.12 bits per heavy atom. The number of carboxylic acids is 1. The van der Waals surface area contributed by atoms with Crippen LogP contribution < -0.4 is 0 Å². The van der Waals surface area contributed by atoms with Crippen molar-refractivity contribution in [3.05, 3.63) is 40.2 Å². The summed E-state index contributed by atoms with van der Waals surface area (Å²) in [5, 5.41) is 10.6. The number of carboxylic acid groups (broad SMARTS) is 1. The molecule has 1 N–H and O–H groups in total. The van der Waals surface area contributed by atoms with Crippen LogP contribution in [0, 0.1) is 11.6 Å². The number of nitrogens with zero attached hydrogens (tertiary/aromatic N) is 1. The van der Waals surface area contributed by atoms with Crippen molar-refractivity contribution in [2.75, 3.05) is 0 Å². The molecule has 0 aliphatic heterocycles. The van der Waals surface area contributed by atoms with Crippen molar-refractivity contribution in [1.29, 1.82) is 0 Å². The quantitative estimate of drug-likeness (QED) is 0.917. The van der Waals surface area contributed by atoms with Gasteiger partial charge in [-0.3, -0.25) is 4.79 Å². The first-order valence-electron chi connectivity index (χ1n) is 4.68. The average molecular weight is 255 g/mol. The number of thiazole rings is 1. The van der Waals surface area contributed by atoms with Crippen LogP contribution in [0.1, 0.15) is 5.01 Å². The van der Waals surface area contributed by atoms with Gasteiger partial charge in [0.25, 0.3) is 0 Å². The summed E-state index contributed by atoms with van der Waals surface area (Å²) in [6, 6.07) is 3.45. The molecule has 17 heavy (non-hydrogen) atoms. The predicted molar refractivity (Wildman–Crippen MR) is 58.8 cm³/mol. The van der Waals surface area contributed by atoms with Gasteiger partial charge in [-0.2, -0.15) is 0 Å². The minimum absolute atomic E-state index is 0.172. The van der Waals surface area contributed by atoms with Gasteiger partial charge in [0.15, 0.2) is 11.6 Å². The number of rotatable bonds is 3. The van der Waals surface area contributed by atoms with Gasteiger partial charge in [-0.05, 0) is 18.2 Å². The number of aromatic nitrogens is 1. The van der Waals surface area contributed by atoms with Gasteiger partial charge >= 0.3 is 5.97 Å². The molecule has 1 aromatic heterocycles. The number of halogens is 2. The summed E-state index contributed by atoms with van der Waals surface area (Å²) >= 11 is 1.17. The van der Waals surface area contributed by atoms with Gasteiger partial charge < -0.3 is 5.11 Å². The number of hydrogen-bond acceptors (Lipinski definition) is 3. The normalized spacial score (nSPS) is 10.5. The molecule has 0 saturated carbocycles. The first-order chi connectivity index (χ1) is 8.06. The van der Waals surface area contributed by atoms with E-state index in [2.05, 4.69) is 4.98 Å². The summed E-state index contributed by atoms with van der Waals surface area (Å²) in [6.45, 7) is 0. The second kappa shape index (κ2) is 4.58. The molecule has 0 spiro atoms. The minimum Gasteiger partial charge on any atom is -0.481 e. The Balaban J connectivity index is 2.30. The third kappa shape index (κ3) is 2.65. The molecule has 2 rings (SSSR count). The third-order valence-electron chi connectivity index (χ3n) is 2.07. The predicted octanol–water partition coefficient (Wildman–Crippen LogP) is 2.72. The number of hydrogen-bond donors (Lipinski definition) is 1. The molecule has 88 valence electrons. The summed E-state index contributed by atoms with van der Waals surface area (Å²) in [5.74, 6) is -2.85. The van der Waals surface area contributed by atoms with Crippen LogP contribution in [0.2, 0.25) is 0 Å². The lowest BCUT2D eigenvalue weighted by molar-refractivity contribution is -0.136. The Morgan fingerprint density at radius 1 is 1.35 bits per heavy atom. The van der Waals surface area contributed by atoms with E-state index in [4.69, 9.17) is 5.11 Å². The summed E-state index contributed by atoms with van der Waals surface area (Å²) in [5.41, 5.74) is 0.877. The number of benzene rings is 1. The molecule has 0 radical (unpaired) electrons. The van der Waals surface area contributed by atoms with Crippen molar-refractivity contribution in [3.8, 4) is 11.3 Å². The second-order valence-corrected chi connectivity index (χ2v) is 4.27. The fourth-order valence-electron chi connectivity index (χ4n) is 1.31. The molecular weight excluding hydrogens is 248 g/mol. The molecule has 1 heterocycles. The van der Waals surface area contributed by atoms with Crippen LogP contribution in [0.4, 0.5) is 8.78 Å². The Kier molecular flexibility index (Phi) is 3.14. The molecule has 0 unspecified atom stereocenters. The molecule has 1 aromatic carbocycles. The average Bonchev–Trinajstić information content (AvgIpc) is 2.69. The van der Waals surface area contributed by atoms with E-state index in [0.717, 1.165) is 12.1 Å². The molecule has 2 aromatic rings. The van der Waals surface area contributed by atoms with Crippen molar-refractivity contribution in [3.63, 3.8) is 0 Å². The monoisotopic (exact) mass is 255 g/mol. The van der Waals surface area contributed by atoms with E-state index < -0.39 is 17.6 Å². The summed E-state index contributed by atoms with van der Waals surface area (Å²) in [7, 11) is 0. The highest BCUT2D eigenvalue weighted by molar-refractivity contribution is 7.10. The van der Waals surface area contributed by atoms with Gasteiger partial charge in [-0.15, -0.1) is 11.3 Å². The molecule has 0 bridgehead atoms. The van der Waals surface area contributed by atoms with Crippen molar-refractivity contribution in [2.24, 2.45) is 0 Å². The van der Waals surface area contributed by atoms with Crippen LogP contribution in [-0.4, -0.2) is 16.1 Å². The summed E-state index contributed by atoms with van der Waals surface area (Å²) < 4.78 is 25.7. The Morgan fingerprint density at radius 3 is 2.76 bits per heavy atom. The highest BCUT2D eigenvalue weighted by atomic mass is 32.1. The fraction of sp³-hybridized carbons (Fsp3) is 0.0909. The molecule has 6 heteroatoms. The first kappa shape index (κ1) is 11.7. The Labute approximate surface area is 99.4 Å². The molecule has 0 atom stereocenters. The lowest BCUT2D eigenvalue weighted by Crippen LogP contribution is -1.99. The van der Waals surface area contributed by atoms with Gasteiger partial charge in [0, 0.05) is 10.9 Å². The Hall–Kier alpha value is -1.82. The van der Waals surface area contributed by atoms with Gasteiger partial charge in [0.05, 0.1) is 12.1 Å². The van der Waals surface area contributed by atoms with Crippen molar-refractivity contribution >= 4 is 17.3 Å². The second-order valence-electron chi connectivity index (χ2n) is 3.33. The van der Waals surface area contributed by atoms with Crippen molar-refractivity contribution in [2.45, 2.75) is 6.42 Å². The molecule has 3 nitrogen and oxygen atoms in total. The summed E-state index contributed by atoms with van der Waals surface area (Å²) in [4.78, 5) is 14.5. The lowest BCUT2D eigenvalue weighted by Gasteiger charge is -1.97. The molecule has 0 aliphatic carbocycles. The highest BCUT2D eigenvalue weighted by Crippen LogP contribution is 2.23. The van der Waals surface area contributed by atoms with E-state index in [9.17, 15) is 13.6 Å². The van der Waals surface area contributed by atoms with Crippen LogP contribution in [0.3, 0.4) is 0 Å². The van der Waals surface area contributed by atoms with Gasteiger partial charge in [0.2, 0.25) is 0 Å². The van der Waals surface area contributed by atoms with Crippen LogP contribution in [-0.2, 0) is 11.2 Å². The van der Waals surface area contributed by atoms with E-state index in [1.807, 2.05) is 0 Å². The minimum atomic E-state index is -0.976. The fourth-order valence-corrected chi connectivity index (χ4v) is 2.10. The topological polar surface area (TPSA) is 50.2 Å². The van der Waals surface area contributed by atoms with Crippen molar-refractivity contribution < 1.29 is 18.7 Å². The lowest BCUT2D eigenvalue weighted by atomic mass is 10.1. The molecule has 0 amide bonds. The zero-order valence-corrected chi connectivity index (χ0v) is 9.30. The SMILES string of the molecule is O=C(O)Cc1nc(-c2ccc(F)c(F)c2)cs1.